The summed E-state index contributed by atoms with van der Waals surface area (Å²) in [6.45, 7) is 0. The third kappa shape index (κ3) is 5.06. The lowest BCUT2D eigenvalue weighted by Crippen LogP contribution is -1.96. The Morgan fingerprint density at radius 2 is 2.15 bits per heavy atom. The van der Waals surface area contributed by atoms with Gasteiger partial charge in [0.05, 0.1) is 5.56 Å². The molecule has 1 heterocycles. The van der Waals surface area contributed by atoms with E-state index in [2.05, 4.69) is 4.98 Å². The van der Waals surface area contributed by atoms with Crippen molar-refractivity contribution in [1.82, 2.24) is 4.98 Å². The van der Waals surface area contributed by atoms with Crippen LogP contribution in [0.3, 0.4) is 0 Å². The van der Waals surface area contributed by atoms with E-state index in [9.17, 15) is 4.79 Å². The fraction of sp³-hybridized carbons (Fsp3) is 0. The van der Waals surface area contributed by atoms with Crippen LogP contribution in [0.15, 0.2) is 23.7 Å². The van der Waals surface area contributed by atoms with Gasteiger partial charge in [0.2, 0.25) is 0 Å². The Balaban J connectivity index is 0.000000424. The molecule has 0 unspecified atom stereocenters. The van der Waals surface area contributed by atoms with Crippen molar-refractivity contribution in [3.05, 3.63) is 32.5 Å². The summed E-state index contributed by atoms with van der Waals surface area (Å²) < 4.78 is 0.692. The topological polar surface area (TPSA) is 99.8 Å². The first-order valence-corrected chi connectivity index (χ1v) is 4.01. The van der Waals surface area contributed by atoms with E-state index in [4.69, 9.17) is 15.2 Å². The number of nitrogens with zero attached hydrogens (tertiary/aromatic N) is 2. The normalized spacial score (nSPS) is 8.08. The second-order valence-electron chi connectivity index (χ2n) is 1.75. The van der Waals surface area contributed by atoms with Crippen molar-refractivity contribution in [2.24, 2.45) is 5.34 Å². The van der Waals surface area contributed by atoms with Crippen molar-refractivity contribution in [2.45, 2.75) is 0 Å². The van der Waals surface area contributed by atoms with Gasteiger partial charge in [0, 0.05) is 6.20 Å². The summed E-state index contributed by atoms with van der Waals surface area (Å²) in [5.74, 6) is -0.916. The molecule has 2 N–H and O–H groups in total. The van der Waals surface area contributed by atoms with Crippen LogP contribution in [0.4, 0.5) is 0 Å². The van der Waals surface area contributed by atoms with E-state index in [1.807, 2.05) is 22.6 Å². The Bertz CT molecular complexity index is 304. The molecule has 0 fully saturated rings. The smallest absolute Gasteiger partial charge is 0.335 e. The predicted octanol–water partition coefficient (Wildman–Crippen LogP) is 1.53. The first-order chi connectivity index (χ1) is 6.11. The molecule has 0 aliphatic rings. The number of hydrogen-bond acceptors (Lipinski definition) is 4. The fourth-order valence-electron chi connectivity index (χ4n) is 0.535. The molecule has 1 rings (SSSR count). The van der Waals surface area contributed by atoms with Crippen LogP contribution >= 0.6 is 22.6 Å². The van der Waals surface area contributed by atoms with E-state index < -0.39 is 5.97 Å². The van der Waals surface area contributed by atoms with Gasteiger partial charge in [0.25, 0.3) is 0 Å². The SMILES string of the molecule is O=C(O)c1ccnc(I)c1.O=NO. The molecule has 0 atom stereocenters. The highest BCUT2D eigenvalue weighted by Crippen LogP contribution is 2.03. The van der Waals surface area contributed by atoms with E-state index in [1.54, 1.807) is 0 Å². The second-order valence-corrected chi connectivity index (χ2v) is 2.86. The minimum absolute atomic E-state index is 0.277. The minimum Gasteiger partial charge on any atom is -0.478 e. The molecule has 0 aliphatic heterocycles. The number of aromatic nitrogens is 1. The average Bonchev–Trinajstić information content (AvgIpc) is 2.05. The molecule has 0 amide bonds. The van der Waals surface area contributed by atoms with Gasteiger partial charge in [0.1, 0.15) is 3.70 Å². The molecule has 7 heteroatoms. The third-order valence-corrected chi connectivity index (χ3v) is 1.56. The van der Waals surface area contributed by atoms with Crippen LogP contribution in [-0.2, 0) is 0 Å². The molecule has 0 aliphatic carbocycles. The number of halogens is 1. The number of hydrogen-bond donors (Lipinski definition) is 2. The zero-order chi connectivity index (χ0) is 10.3. The maximum atomic E-state index is 10.3. The number of carboxylic acid groups (broad SMARTS) is 1. The van der Waals surface area contributed by atoms with Crippen molar-refractivity contribution < 1.29 is 15.1 Å². The largest absolute Gasteiger partial charge is 0.478 e. The number of aromatic carboxylic acids is 1. The quantitative estimate of drug-likeness (QED) is 0.354. The van der Waals surface area contributed by atoms with Gasteiger partial charge in [-0.25, -0.2) is 4.79 Å². The first kappa shape index (κ1) is 11.8. The zero-order valence-corrected chi connectivity index (χ0v) is 8.37. The summed E-state index contributed by atoms with van der Waals surface area (Å²) in [5.41, 5.74) is 0.277. The van der Waals surface area contributed by atoms with Gasteiger partial charge in [-0.05, 0) is 34.7 Å². The molecule has 0 bridgehead atoms. The van der Waals surface area contributed by atoms with Gasteiger partial charge in [-0.2, -0.15) is 0 Å². The minimum atomic E-state index is -0.916. The molecule has 0 saturated carbocycles. The number of pyridine rings is 1. The molecule has 1 aromatic heterocycles. The third-order valence-electron chi connectivity index (χ3n) is 0.974. The Labute approximate surface area is 86.7 Å². The molecule has 70 valence electrons. The van der Waals surface area contributed by atoms with E-state index in [1.165, 1.54) is 23.7 Å². The van der Waals surface area contributed by atoms with Crippen LogP contribution in [0.1, 0.15) is 10.4 Å². The molecular weight excluding hydrogens is 291 g/mol. The van der Waals surface area contributed by atoms with Crippen LogP contribution in [0.2, 0.25) is 0 Å². The standard InChI is InChI=1S/C6H4INO2.HNO2/c7-5-3-4(6(9)10)1-2-8-5;2-1-3/h1-3H,(H,9,10);(H,2,3). The van der Waals surface area contributed by atoms with E-state index in [0.717, 1.165) is 0 Å². The molecule has 6 nitrogen and oxygen atoms in total. The zero-order valence-electron chi connectivity index (χ0n) is 6.22. The van der Waals surface area contributed by atoms with Crippen molar-refractivity contribution in [3.63, 3.8) is 0 Å². The molecule has 1 aromatic rings. The number of carbonyl (C=O) groups is 1. The Morgan fingerprint density at radius 1 is 1.62 bits per heavy atom. The molecule has 0 spiro atoms. The lowest BCUT2D eigenvalue weighted by Gasteiger charge is -1.91. The maximum absolute atomic E-state index is 10.3. The summed E-state index contributed by atoms with van der Waals surface area (Å²) >= 11 is 1.96. The van der Waals surface area contributed by atoms with Gasteiger partial charge in [-0.3, -0.25) is 4.98 Å². The van der Waals surface area contributed by atoms with Crippen LogP contribution in [0, 0.1) is 8.61 Å². The van der Waals surface area contributed by atoms with Gasteiger partial charge in [-0.1, -0.05) is 0 Å². The highest BCUT2D eigenvalue weighted by Gasteiger charge is 2.00. The predicted molar refractivity (Wildman–Crippen MR) is 51.5 cm³/mol. The molecule has 0 saturated heterocycles. The summed E-state index contributed by atoms with van der Waals surface area (Å²) in [5, 5.41) is 16.4. The van der Waals surface area contributed by atoms with Crippen LogP contribution in [0.25, 0.3) is 0 Å². The fourth-order valence-corrected chi connectivity index (χ4v) is 1.03. The van der Waals surface area contributed by atoms with Crippen molar-refractivity contribution >= 4 is 28.6 Å². The van der Waals surface area contributed by atoms with Gasteiger partial charge < -0.3 is 10.3 Å². The molecule has 0 radical (unpaired) electrons. The second kappa shape index (κ2) is 6.29. The summed E-state index contributed by atoms with van der Waals surface area (Å²) in [6, 6.07) is 2.98. The van der Waals surface area contributed by atoms with Gasteiger partial charge >= 0.3 is 5.97 Å². The monoisotopic (exact) mass is 296 g/mol. The van der Waals surface area contributed by atoms with Gasteiger partial charge in [0.15, 0.2) is 5.34 Å². The van der Waals surface area contributed by atoms with Crippen LogP contribution in [0.5, 0.6) is 0 Å². The van der Waals surface area contributed by atoms with Crippen LogP contribution in [-0.4, -0.2) is 21.3 Å². The highest BCUT2D eigenvalue weighted by atomic mass is 127. The van der Waals surface area contributed by atoms with Crippen LogP contribution < -0.4 is 0 Å². The molecule has 13 heavy (non-hydrogen) atoms. The number of carboxylic acids is 1. The number of rotatable bonds is 1. The lowest BCUT2D eigenvalue weighted by atomic mass is 10.3. The maximum Gasteiger partial charge on any atom is 0.335 e. The molecular formula is C6H5IN2O4. The Morgan fingerprint density at radius 3 is 2.46 bits per heavy atom. The van der Waals surface area contributed by atoms with Gasteiger partial charge in [-0.15, -0.1) is 4.91 Å². The summed E-state index contributed by atoms with van der Waals surface area (Å²) in [4.78, 5) is 22.3. The molecule has 0 aromatic carbocycles. The highest BCUT2D eigenvalue weighted by molar-refractivity contribution is 14.1. The summed E-state index contributed by atoms with van der Waals surface area (Å²) in [7, 11) is 0. The van der Waals surface area contributed by atoms with Crippen molar-refractivity contribution in [3.8, 4) is 0 Å². The van der Waals surface area contributed by atoms with E-state index >= 15 is 0 Å². The first-order valence-electron chi connectivity index (χ1n) is 2.93. The average molecular weight is 296 g/mol. The Kier molecular flexibility index (Phi) is 5.68. The Hall–Kier alpha value is -1.25. The lowest BCUT2D eigenvalue weighted by molar-refractivity contribution is 0.0696. The van der Waals surface area contributed by atoms with Crippen molar-refractivity contribution in [1.29, 1.82) is 0 Å². The van der Waals surface area contributed by atoms with E-state index in [-0.39, 0.29) is 5.56 Å². The summed E-state index contributed by atoms with van der Waals surface area (Å²) in [6.07, 6.45) is 1.48. The van der Waals surface area contributed by atoms with Crippen molar-refractivity contribution in [2.75, 3.05) is 0 Å². The van der Waals surface area contributed by atoms with E-state index in [0.29, 0.717) is 3.70 Å².